The fourth-order valence-electron chi connectivity index (χ4n) is 3.81. The number of fused-ring (bicyclic) bond motifs is 1. The Morgan fingerprint density at radius 3 is 2.80 bits per heavy atom. The van der Waals surface area contributed by atoms with Gasteiger partial charge in [-0.25, -0.2) is 0 Å². The molecule has 1 atom stereocenters. The molecule has 7 heteroatoms. The fraction of sp³-hybridized carbons (Fsp3) is 0.333. The minimum Gasteiger partial charge on any atom is -0.369 e. The molecule has 1 unspecified atom stereocenters. The Labute approximate surface area is 144 Å². The Bertz CT molecular complexity index is 959. The number of ketones is 1. The zero-order valence-corrected chi connectivity index (χ0v) is 14.1. The number of rotatable bonds is 1. The van der Waals surface area contributed by atoms with Crippen molar-refractivity contribution in [2.75, 3.05) is 11.1 Å². The van der Waals surface area contributed by atoms with Crippen molar-refractivity contribution in [3.63, 3.8) is 0 Å². The molecule has 1 aliphatic carbocycles. The summed E-state index contributed by atoms with van der Waals surface area (Å²) in [6, 6.07) is 3.67. The predicted molar refractivity (Wildman–Crippen MR) is 94.0 cm³/mol. The zero-order chi connectivity index (χ0) is 17.8. The van der Waals surface area contributed by atoms with Crippen molar-refractivity contribution in [3.8, 4) is 0 Å². The Balaban J connectivity index is 2.00. The molecule has 0 fully saturated rings. The molecule has 4 rings (SSSR count). The van der Waals surface area contributed by atoms with E-state index >= 15 is 0 Å². The minimum absolute atomic E-state index is 0.0478. The highest BCUT2D eigenvalue weighted by Crippen LogP contribution is 2.47. The van der Waals surface area contributed by atoms with E-state index in [-0.39, 0.29) is 22.7 Å². The lowest BCUT2D eigenvalue weighted by molar-refractivity contribution is -0.118. The van der Waals surface area contributed by atoms with Gasteiger partial charge in [0, 0.05) is 36.0 Å². The topological polar surface area (TPSA) is 114 Å². The molecule has 1 aliphatic heterocycles. The summed E-state index contributed by atoms with van der Waals surface area (Å²) in [5.74, 6) is 0.0286. The maximum atomic E-state index is 12.9. The number of allylic oxidation sites excluding steroid dienone is 2. The van der Waals surface area contributed by atoms with Gasteiger partial charge in [-0.1, -0.05) is 19.9 Å². The number of nitrogens with one attached hydrogen (secondary N) is 2. The first kappa shape index (κ1) is 15.6. The fourth-order valence-corrected chi connectivity index (χ4v) is 3.81. The van der Waals surface area contributed by atoms with Gasteiger partial charge in [-0.3, -0.25) is 19.6 Å². The van der Waals surface area contributed by atoms with E-state index in [4.69, 9.17) is 5.73 Å². The number of aromatic nitrogens is 3. The summed E-state index contributed by atoms with van der Waals surface area (Å²) in [4.78, 5) is 36.5. The molecule has 0 radical (unpaired) electrons. The summed E-state index contributed by atoms with van der Waals surface area (Å²) in [7, 11) is 0. The van der Waals surface area contributed by atoms with Gasteiger partial charge < -0.3 is 11.1 Å². The van der Waals surface area contributed by atoms with Gasteiger partial charge in [0.15, 0.2) is 5.78 Å². The van der Waals surface area contributed by atoms with Crippen molar-refractivity contribution >= 4 is 17.5 Å². The standard InChI is InChI=1S/C18H19N5O2/c1-18(2)6-10-13(11(24)7-18)12(9-4-3-5-20-8-9)14-15(21-10)22-17(19)23-16(14)25/h3-5,8,12H,6-7H2,1-2H3,(H4,19,21,22,23,25). The van der Waals surface area contributed by atoms with Crippen LogP contribution in [0.2, 0.25) is 0 Å². The van der Waals surface area contributed by atoms with Crippen LogP contribution in [0.1, 0.15) is 43.7 Å². The normalized spacial score (nSPS) is 21.4. The first-order chi connectivity index (χ1) is 11.9. The first-order valence-electron chi connectivity index (χ1n) is 8.18. The minimum atomic E-state index is -0.486. The third kappa shape index (κ3) is 2.52. The molecule has 4 N–H and O–H groups in total. The van der Waals surface area contributed by atoms with Crippen LogP contribution in [-0.2, 0) is 4.79 Å². The number of hydrogen-bond donors (Lipinski definition) is 3. The number of H-pyrrole nitrogens is 1. The maximum Gasteiger partial charge on any atom is 0.258 e. The van der Waals surface area contributed by atoms with E-state index in [0.717, 1.165) is 11.3 Å². The van der Waals surface area contributed by atoms with Crippen molar-refractivity contribution in [2.45, 2.75) is 32.6 Å². The Morgan fingerprint density at radius 2 is 2.08 bits per heavy atom. The van der Waals surface area contributed by atoms with E-state index < -0.39 is 5.92 Å². The van der Waals surface area contributed by atoms with Crippen molar-refractivity contribution in [1.29, 1.82) is 0 Å². The number of nitrogen functional groups attached to an aromatic ring is 1. The molecule has 0 saturated carbocycles. The molecule has 0 bridgehead atoms. The van der Waals surface area contributed by atoms with Gasteiger partial charge in [0.1, 0.15) is 5.82 Å². The average Bonchev–Trinajstić information content (AvgIpc) is 2.52. The average molecular weight is 337 g/mol. The van der Waals surface area contributed by atoms with Crippen molar-refractivity contribution < 1.29 is 4.79 Å². The molecule has 0 aromatic carbocycles. The summed E-state index contributed by atoms with van der Waals surface area (Å²) >= 11 is 0. The lowest BCUT2D eigenvalue weighted by Crippen LogP contribution is -2.37. The quantitative estimate of drug-likeness (QED) is 0.733. The van der Waals surface area contributed by atoms with E-state index in [1.54, 1.807) is 18.5 Å². The zero-order valence-electron chi connectivity index (χ0n) is 14.1. The van der Waals surface area contributed by atoms with Gasteiger partial charge in [0.25, 0.3) is 5.56 Å². The van der Waals surface area contributed by atoms with Crippen molar-refractivity contribution in [1.82, 2.24) is 15.0 Å². The highest BCUT2D eigenvalue weighted by molar-refractivity contribution is 6.01. The second kappa shape index (κ2) is 5.27. The van der Waals surface area contributed by atoms with E-state index in [2.05, 4.69) is 34.1 Å². The first-order valence-corrected chi connectivity index (χ1v) is 8.18. The van der Waals surface area contributed by atoms with Crippen LogP contribution in [0.25, 0.3) is 0 Å². The molecule has 0 spiro atoms. The van der Waals surface area contributed by atoms with E-state index in [0.29, 0.717) is 29.8 Å². The summed E-state index contributed by atoms with van der Waals surface area (Å²) in [6.45, 7) is 4.12. The van der Waals surface area contributed by atoms with Crippen molar-refractivity contribution in [2.24, 2.45) is 5.41 Å². The largest absolute Gasteiger partial charge is 0.369 e. The van der Waals surface area contributed by atoms with Gasteiger partial charge in [0.2, 0.25) is 5.95 Å². The van der Waals surface area contributed by atoms with Gasteiger partial charge in [-0.2, -0.15) is 4.98 Å². The van der Waals surface area contributed by atoms with E-state index in [9.17, 15) is 9.59 Å². The van der Waals surface area contributed by atoms with Gasteiger partial charge in [-0.15, -0.1) is 0 Å². The number of pyridine rings is 1. The third-order valence-electron chi connectivity index (χ3n) is 4.76. The van der Waals surface area contributed by atoms with E-state index in [1.165, 1.54) is 0 Å². The number of nitrogens with zero attached hydrogens (tertiary/aromatic N) is 2. The molecule has 2 aromatic heterocycles. The maximum absolute atomic E-state index is 12.9. The number of nitrogens with two attached hydrogens (primary N) is 1. The van der Waals surface area contributed by atoms with Crippen molar-refractivity contribution in [3.05, 3.63) is 57.3 Å². The molecule has 128 valence electrons. The predicted octanol–water partition coefficient (Wildman–Crippen LogP) is 1.95. The smallest absolute Gasteiger partial charge is 0.258 e. The molecule has 3 heterocycles. The van der Waals surface area contributed by atoms with Crippen LogP contribution in [0.3, 0.4) is 0 Å². The third-order valence-corrected chi connectivity index (χ3v) is 4.76. The highest BCUT2D eigenvalue weighted by atomic mass is 16.1. The van der Waals surface area contributed by atoms with Gasteiger partial charge in [0.05, 0.1) is 5.56 Å². The van der Waals surface area contributed by atoms with Crippen LogP contribution >= 0.6 is 0 Å². The molecule has 7 nitrogen and oxygen atoms in total. The van der Waals surface area contributed by atoms with Crippen LogP contribution in [0.4, 0.5) is 11.8 Å². The molecule has 2 aromatic rings. The van der Waals surface area contributed by atoms with Gasteiger partial charge in [-0.05, 0) is 23.5 Å². The van der Waals surface area contributed by atoms with Gasteiger partial charge >= 0.3 is 0 Å². The lowest BCUT2D eigenvalue weighted by atomic mass is 9.69. The van der Waals surface area contributed by atoms with Crippen LogP contribution in [0, 0.1) is 5.41 Å². The Kier molecular flexibility index (Phi) is 3.28. The number of carbonyl (C=O) groups is 1. The molecule has 2 aliphatic rings. The summed E-state index contributed by atoms with van der Waals surface area (Å²) in [5.41, 5.74) is 7.89. The Morgan fingerprint density at radius 1 is 1.28 bits per heavy atom. The number of aromatic amines is 1. The molecule has 0 saturated heterocycles. The van der Waals surface area contributed by atoms with Crippen LogP contribution in [0.5, 0.6) is 0 Å². The van der Waals surface area contributed by atoms with Crippen LogP contribution in [-0.4, -0.2) is 20.7 Å². The number of Topliss-reactive ketones (excluding diaryl/α,β-unsaturated/α-hetero) is 1. The van der Waals surface area contributed by atoms with E-state index in [1.807, 2.05) is 6.07 Å². The highest BCUT2D eigenvalue weighted by Gasteiger charge is 2.42. The summed E-state index contributed by atoms with van der Waals surface area (Å²) < 4.78 is 0. The molecule has 0 amide bonds. The van der Waals surface area contributed by atoms with Crippen LogP contribution < -0.4 is 16.6 Å². The number of carbonyl (C=O) groups excluding carboxylic acids is 1. The van der Waals surface area contributed by atoms with Crippen LogP contribution in [0.15, 0.2) is 40.6 Å². The second-order valence-electron chi connectivity index (χ2n) is 7.39. The molecular weight excluding hydrogens is 318 g/mol. The Hall–Kier alpha value is -2.96. The molecule has 25 heavy (non-hydrogen) atoms. The lowest BCUT2D eigenvalue weighted by Gasteiger charge is -2.38. The summed E-state index contributed by atoms with van der Waals surface area (Å²) in [5, 5.41) is 3.19. The second-order valence-corrected chi connectivity index (χ2v) is 7.39. The monoisotopic (exact) mass is 337 g/mol. The number of hydrogen-bond acceptors (Lipinski definition) is 6. The number of anilines is 2. The SMILES string of the molecule is CC1(C)CC(=O)C2=C(C1)Nc1nc(N)[nH]c(=O)c1C2c1cccnc1. The summed E-state index contributed by atoms with van der Waals surface area (Å²) in [6.07, 6.45) is 4.50. The molecular formula is C18H19N5O2.